The topological polar surface area (TPSA) is 53.0 Å². The molecule has 100 valence electrons. The third-order valence-corrected chi connectivity index (χ3v) is 3.29. The summed E-state index contributed by atoms with van der Waals surface area (Å²) in [5, 5.41) is 9.08. The predicted octanol–water partition coefficient (Wildman–Crippen LogP) is -0.0636. The van der Waals surface area contributed by atoms with Crippen molar-refractivity contribution >= 4 is 5.91 Å². The summed E-state index contributed by atoms with van der Waals surface area (Å²) in [5.41, 5.74) is 0. The van der Waals surface area contributed by atoms with Crippen LogP contribution < -0.4 is 0 Å². The predicted molar refractivity (Wildman–Crippen MR) is 65.8 cm³/mol. The van der Waals surface area contributed by atoms with E-state index in [0.29, 0.717) is 19.7 Å². The van der Waals surface area contributed by atoms with E-state index in [4.69, 9.17) is 9.84 Å². The van der Waals surface area contributed by atoms with Gasteiger partial charge in [0.05, 0.1) is 25.9 Å². The number of morpholine rings is 1. The number of nitrogens with zero attached hydrogens (tertiary/aromatic N) is 2. The molecule has 5 nitrogen and oxygen atoms in total. The van der Waals surface area contributed by atoms with E-state index in [1.165, 1.54) is 0 Å². The molecule has 1 saturated heterocycles. The van der Waals surface area contributed by atoms with Crippen LogP contribution in [-0.4, -0.2) is 72.4 Å². The molecule has 1 aliphatic rings. The fourth-order valence-electron chi connectivity index (χ4n) is 2.06. The van der Waals surface area contributed by atoms with Crippen molar-refractivity contribution < 1.29 is 14.6 Å². The van der Waals surface area contributed by atoms with E-state index in [9.17, 15) is 4.79 Å². The minimum atomic E-state index is -0.157. The van der Waals surface area contributed by atoms with Gasteiger partial charge < -0.3 is 14.7 Å². The van der Waals surface area contributed by atoms with Gasteiger partial charge in [-0.3, -0.25) is 9.69 Å². The normalized spacial score (nSPS) is 25.9. The Morgan fingerprint density at radius 3 is 2.65 bits per heavy atom. The lowest BCUT2D eigenvalue weighted by Gasteiger charge is -2.37. The molecule has 0 saturated carbocycles. The minimum Gasteiger partial charge on any atom is -0.394 e. The van der Waals surface area contributed by atoms with Crippen LogP contribution in [0, 0.1) is 0 Å². The quantitative estimate of drug-likeness (QED) is 0.736. The number of hydrogen-bond acceptors (Lipinski definition) is 4. The van der Waals surface area contributed by atoms with Gasteiger partial charge in [-0.15, -0.1) is 0 Å². The van der Waals surface area contributed by atoms with E-state index in [2.05, 4.69) is 4.90 Å². The Balaban J connectivity index is 2.50. The van der Waals surface area contributed by atoms with Crippen LogP contribution >= 0.6 is 0 Å². The summed E-state index contributed by atoms with van der Waals surface area (Å²) < 4.78 is 5.45. The van der Waals surface area contributed by atoms with E-state index >= 15 is 0 Å². The van der Waals surface area contributed by atoms with Gasteiger partial charge in [-0.25, -0.2) is 0 Å². The molecule has 2 atom stereocenters. The number of aliphatic hydroxyl groups excluding tert-OH is 1. The first-order valence-electron chi connectivity index (χ1n) is 6.36. The van der Waals surface area contributed by atoms with E-state index in [-0.39, 0.29) is 24.7 Å². The van der Waals surface area contributed by atoms with Gasteiger partial charge in [-0.05, 0) is 20.8 Å². The van der Waals surface area contributed by atoms with E-state index < -0.39 is 0 Å². The molecule has 0 aromatic carbocycles. The van der Waals surface area contributed by atoms with Crippen LogP contribution in [0.15, 0.2) is 0 Å². The maximum absolute atomic E-state index is 12.0. The van der Waals surface area contributed by atoms with Gasteiger partial charge in [0.1, 0.15) is 0 Å². The second-order valence-electron chi connectivity index (χ2n) is 4.48. The molecule has 2 unspecified atom stereocenters. The highest BCUT2D eigenvalue weighted by molar-refractivity contribution is 5.78. The smallest absolute Gasteiger partial charge is 0.236 e. The van der Waals surface area contributed by atoms with Crippen LogP contribution in [0.1, 0.15) is 20.8 Å². The lowest BCUT2D eigenvalue weighted by molar-refractivity contribution is -0.137. The number of aliphatic hydroxyl groups is 1. The average Bonchev–Trinajstić information content (AvgIpc) is 2.33. The molecule has 1 aliphatic heterocycles. The van der Waals surface area contributed by atoms with Gasteiger partial charge in [0, 0.05) is 25.7 Å². The number of hydrogen-bond donors (Lipinski definition) is 1. The van der Waals surface area contributed by atoms with Crippen molar-refractivity contribution in [3.63, 3.8) is 0 Å². The van der Waals surface area contributed by atoms with Crippen LogP contribution in [0.25, 0.3) is 0 Å². The van der Waals surface area contributed by atoms with Gasteiger partial charge in [0.25, 0.3) is 0 Å². The Morgan fingerprint density at radius 2 is 2.12 bits per heavy atom. The van der Waals surface area contributed by atoms with Crippen molar-refractivity contribution in [2.75, 3.05) is 39.4 Å². The van der Waals surface area contributed by atoms with Crippen LogP contribution in [0.2, 0.25) is 0 Å². The van der Waals surface area contributed by atoms with E-state index in [1.807, 2.05) is 25.7 Å². The highest BCUT2D eigenvalue weighted by Crippen LogP contribution is 2.11. The van der Waals surface area contributed by atoms with Gasteiger partial charge in [0.2, 0.25) is 5.91 Å². The second kappa shape index (κ2) is 6.93. The molecule has 1 rings (SSSR count). The fraction of sp³-hybridized carbons (Fsp3) is 0.917. The summed E-state index contributed by atoms with van der Waals surface area (Å²) >= 11 is 0. The lowest BCUT2D eigenvalue weighted by atomic mass is 10.2. The Hall–Kier alpha value is -0.650. The number of carbonyl (C=O) groups excluding carboxylic acids is 1. The summed E-state index contributed by atoms with van der Waals surface area (Å²) in [6.07, 6.45) is -0.157. The number of likely N-dealkylation sites (N-methyl/N-ethyl adjacent to an activating group) is 1. The number of ether oxygens (including phenoxy) is 1. The maximum atomic E-state index is 12.0. The first-order valence-corrected chi connectivity index (χ1v) is 6.36. The molecule has 0 spiro atoms. The second-order valence-corrected chi connectivity index (χ2v) is 4.48. The monoisotopic (exact) mass is 244 g/mol. The highest BCUT2D eigenvalue weighted by Gasteiger charge is 2.27. The molecular weight excluding hydrogens is 220 g/mol. The van der Waals surface area contributed by atoms with Crippen molar-refractivity contribution in [2.45, 2.75) is 32.9 Å². The van der Waals surface area contributed by atoms with E-state index in [0.717, 1.165) is 13.1 Å². The van der Waals surface area contributed by atoms with Crippen molar-refractivity contribution in [1.82, 2.24) is 9.80 Å². The van der Waals surface area contributed by atoms with Crippen LogP contribution in [0.4, 0.5) is 0 Å². The number of amides is 1. The van der Waals surface area contributed by atoms with Crippen LogP contribution in [-0.2, 0) is 9.53 Å². The Labute approximate surface area is 103 Å². The summed E-state index contributed by atoms with van der Waals surface area (Å²) in [6.45, 7) is 9.16. The van der Waals surface area contributed by atoms with Gasteiger partial charge in [-0.2, -0.15) is 0 Å². The largest absolute Gasteiger partial charge is 0.394 e. The third-order valence-electron chi connectivity index (χ3n) is 3.29. The third kappa shape index (κ3) is 3.94. The fourth-order valence-corrected chi connectivity index (χ4v) is 2.06. The summed E-state index contributed by atoms with van der Waals surface area (Å²) in [5.74, 6) is 0.153. The van der Waals surface area contributed by atoms with Crippen molar-refractivity contribution in [3.05, 3.63) is 0 Å². The standard InChI is InChI=1S/C12H24N2O3/c1-4-13(5-2)12(16)7-14-6-11(8-15)17-9-10(14)3/h10-11,15H,4-9H2,1-3H3. The first-order chi connectivity index (χ1) is 8.12. The lowest BCUT2D eigenvalue weighted by Crippen LogP contribution is -2.53. The van der Waals surface area contributed by atoms with Crippen molar-refractivity contribution in [1.29, 1.82) is 0 Å². The van der Waals surface area contributed by atoms with Crippen LogP contribution in [0.5, 0.6) is 0 Å². The highest BCUT2D eigenvalue weighted by atomic mass is 16.5. The molecule has 0 bridgehead atoms. The number of rotatable bonds is 5. The maximum Gasteiger partial charge on any atom is 0.236 e. The molecule has 5 heteroatoms. The molecule has 0 aromatic rings. The minimum absolute atomic E-state index is 0.0165. The zero-order valence-electron chi connectivity index (χ0n) is 11.1. The van der Waals surface area contributed by atoms with Crippen LogP contribution in [0.3, 0.4) is 0 Å². The Kier molecular flexibility index (Phi) is 5.88. The Bertz CT molecular complexity index is 244. The Morgan fingerprint density at radius 1 is 1.47 bits per heavy atom. The zero-order valence-corrected chi connectivity index (χ0v) is 11.1. The molecule has 0 radical (unpaired) electrons. The number of carbonyl (C=O) groups is 1. The van der Waals surface area contributed by atoms with Gasteiger partial charge in [-0.1, -0.05) is 0 Å². The summed E-state index contributed by atoms with van der Waals surface area (Å²) in [4.78, 5) is 15.9. The SMILES string of the molecule is CCN(CC)C(=O)CN1CC(CO)OCC1C. The molecule has 17 heavy (non-hydrogen) atoms. The summed E-state index contributed by atoms with van der Waals surface area (Å²) in [7, 11) is 0. The van der Waals surface area contributed by atoms with Crippen molar-refractivity contribution in [2.24, 2.45) is 0 Å². The van der Waals surface area contributed by atoms with Crippen molar-refractivity contribution in [3.8, 4) is 0 Å². The van der Waals surface area contributed by atoms with Gasteiger partial charge >= 0.3 is 0 Å². The molecule has 1 amide bonds. The van der Waals surface area contributed by atoms with Gasteiger partial charge in [0.15, 0.2) is 0 Å². The average molecular weight is 244 g/mol. The summed E-state index contributed by atoms with van der Waals surface area (Å²) in [6, 6.07) is 0.234. The zero-order chi connectivity index (χ0) is 12.8. The molecule has 1 heterocycles. The first kappa shape index (κ1) is 14.4. The van der Waals surface area contributed by atoms with E-state index in [1.54, 1.807) is 0 Å². The molecular formula is C12H24N2O3. The molecule has 1 fully saturated rings. The molecule has 0 aliphatic carbocycles. The molecule has 0 aromatic heterocycles. The molecule has 1 N–H and O–H groups in total.